The predicted octanol–water partition coefficient (Wildman–Crippen LogP) is 1.16. The zero-order chi connectivity index (χ0) is 13.0. The fourth-order valence-corrected chi connectivity index (χ4v) is 2.20. The number of carboxylic acid groups (broad SMARTS) is 1. The van der Waals surface area contributed by atoms with Gasteiger partial charge in [0.1, 0.15) is 5.03 Å². The van der Waals surface area contributed by atoms with Crippen molar-refractivity contribution in [3.63, 3.8) is 0 Å². The summed E-state index contributed by atoms with van der Waals surface area (Å²) in [5.41, 5.74) is 0.409. The van der Waals surface area contributed by atoms with E-state index in [9.17, 15) is 9.59 Å². The maximum absolute atomic E-state index is 11.0. The number of nitrogens with zero attached hydrogens (tertiary/aromatic N) is 2. The van der Waals surface area contributed by atoms with Crippen molar-refractivity contribution in [1.29, 1.82) is 0 Å². The molecule has 2 N–H and O–H groups in total. The molecule has 1 aromatic carbocycles. The quantitative estimate of drug-likeness (QED) is 0.803. The Labute approximate surface area is 106 Å². The molecule has 6 nitrogen and oxygen atoms in total. The van der Waals surface area contributed by atoms with Crippen LogP contribution in [0.15, 0.2) is 40.3 Å². The molecule has 0 amide bonds. The molecule has 2 rings (SSSR count). The molecule has 18 heavy (non-hydrogen) atoms. The van der Waals surface area contributed by atoms with Gasteiger partial charge in [-0.3, -0.25) is 0 Å². The first kappa shape index (κ1) is 12.3. The van der Waals surface area contributed by atoms with Crippen molar-refractivity contribution in [3.8, 4) is 0 Å². The summed E-state index contributed by atoms with van der Waals surface area (Å²) in [4.78, 5) is 25.6. The summed E-state index contributed by atoms with van der Waals surface area (Å²) in [6, 6.07) is 6.72. The molecule has 7 heteroatoms. The number of carboxylic acids is 1. The van der Waals surface area contributed by atoms with Crippen LogP contribution in [0.2, 0.25) is 0 Å². The van der Waals surface area contributed by atoms with Crippen LogP contribution in [-0.4, -0.2) is 26.3 Å². The number of benzene rings is 1. The largest absolute Gasteiger partial charge is 0.478 e. The van der Waals surface area contributed by atoms with Gasteiger partial charge in [-0.25, -0.2) is 14.7 Å². The van der Waals surface area contributed by atoms with Crippen molar-refractivity contribution < 1.29 is 9.90 Å². The zero-order valence-corrected chi connectivity index (χ0v) is 9.98. The Bertz CT molecular complexity index is 627. The van der Waals surface area contributed by atoms with Gasteiger partial charge in [0.25, 0.3) is 0 Å². The highest BCUT2D eigenvalue weighted by molar-refractivity contribution is 7.98. The van der Waals surface area contributed by atoms with Crippen molar-refractivity contribution in [1.82, 2.24) is 15.2 Å². The molecule has 0 spiro atoms. The van der Waals surface area contributed by atoms with E-state index in [1.807, 2.05) is 0 Å². The third-order valence-electron chi connectivity index (χ3n) is 2.17. The molecule has 2 aromatic rings. The summed E-state index contributed by atoms with van der Waals surface area (Å²) < 4.78 is 0. The fourth-order valence-electron chi connectivity index (χ4n) is 1.37. The lowest BCUT2D eigenvalue weighted by molar-refractivity contribution is 0.0696. The van der Waals surface area contributed by atoms with E-state index in [-0.39, 0.29) is 5.56 Å². The highest BCUT2D eigenvalue weighted by atomic mass is 32.2. The van der Waals surface area contributed by atoms with Gasteiger partial charge in [-0.2, -0.15) is 10.1 Å². The zero-order valence-electron chi connectivity index (χ0n) is 9.16. The van der Waals surface area contributed by atoms with Crippen LogP contribution in [0.5, 0.6) is 0 Å². The average Bonchev–Trinajstić information content (AvgIpc) is 2.37. The van der Waals surface area contributed by atoms with Crippen LogP contribution in [0.1, 0.15) is 15.9 Å². The third-order valence-corrected chi connectivity index (χ3v) is 3.12. The third kappa shape index (κ3) is 2.95. The van der Waals surface area contributed by atoms with Crippen LogP contribution in [0.3, 0.4) is 0 Å². The van der Waals surface area contributed by atoms with Crippen molar-refractivity contribution in [2.45, 2.75) is 10.8 Å². The molecular weight excluding hydrogens is 254 g/mol. The maximum Gasteiger partial charge on any atom is 0.362 e. The van der Waals surface area contributed by atoms with Gasteiger partial charge in [0.05, 0.1) is 11.8 Å². The Hall–Kier alpha value is -2.15. The summed E-state index contributed by atoms with van der Waals surface area (Å²) in [5.74, 6) is -0.552. The Morgan fingerprint density at radius 3 is 2.89 bits per heavy atom. The van der Waals surface area contributed by atoms with Gasteiger partial charge in [0.15, 0.2) is 0 Å². The van der Waals surface area contributed by atoms with Gasteiger partial charge >= 0.3 is 11.7 Å². The van der Waals surface area contributed by atoms with Gasteiger partial charge in [0.2, 0.25) is 0 Å². The molecule has 0 unspecified atom stereocenters. The number of hydrogen-bond acceptors (Lipinski definition) is 5. The molecule has 0 aliphatic rings. The number of aromatic carboxylic acids is 1. The summed E-state index contributed by atoms with van der Waals surface area (Å²) in [7, 11) is 0. The SMILES string of the molecule is O=C(O)c1ccccc1CSc1cn[nH]c(=O)n1. The molecule has 92 valence electrons. The molecule has 0 atom stereocenters. The Kier molecular flexibility index (Phi) is 3.73. The number of H-pyrrole nitrogens is 1. The lowest BCUT2D eigenvalue weighted by atomic mass is 10.1. The van der Waals surface area contributed by atoms with Crippen molar-refractivity contribution >= 4 is 17.7 Å². The molecular formula is C11H9N3O3S. The van der Waals surface area contributed by atoms with Gasteiger partial charge in [-0.1, -0.05) is 30.0 Å². The molecule has 0 saturated carbocycles. The first-order chi connectivity index (χ1) is 8.66. The first-order valence-corrected chi connectivity index (χ1v) is 6.01. The van der Waals surface area contributed by atoms with Crippen LogP contribution in [-0.2, 0) is 5.75 Å². The van der Waals surface area contributed by atoms with E-state index in [0.717, 1.165) is 0 Å². The number of thioether (sulfide) groups is 1. The van der Waals surface area contributed by atoms with Gasteiger partial charge < -0.3 is 5.11 Å². The molecule has 0 fully saturated rings. The van der Waals surface area contributed by atoms with Crippen molar-refractivity contribution in [2.75, 3.05) is 0 Å². The fraction of sp³-hybridized carbons (Fsp3) is 0.0909. The van der Waals surface area contributed by atoms with Crippen molar-refractivity contribution in [2.24, 2.45) is 0 Å². The summed E-state index contributed by atoms with van der Waals surface area (Å²) in [5, 5.41) is 15.3. The van der Waals surface area contributed by atoms with E-state index in [1.54, 1.807) is 24.3 Å². The molecule has 0 aliphatic heterocycles. The number of carbonyl (C=O) groups is 1. The molecule has 0 aliphatic carbocycles. The van der Waals surface area contributed by atoms with Crippen molar-refractivity contribution in [3.05, 3.63) is 52.1 Å². The predicted molar refractivity (Wildman–Crippen MR) is 65.6 cm³/mol. The second-order valence-corrected chi connectivity index (χ2v) is 4.37. The minimum absolute atomic E-state index is 0.253. The average molecular weight is 263 g/mol. The van der Waals surface area contributed by atoms with E-state index in [2.05, 4.69) is 15.2 Å². The molecule has 1 aromatic heterocycles. The lowest BCUT2D eigenvalue weighted by Gasteiger charge is -2.04. The highest BCUT2D eigenvalue weighted by Gasteiger charge is 2.09. The molecule has 0 bridgehead atoms. The topological polar surface area (TPSA) is 95.9 Å². The smallest absolute Gasteiger partial charge is 0.362 e. The summed E-state index contributed by atoms with van der Waals surface area (Å²) in [6.07, 6.45) is 1.43. The first-order valence-electron chi connectivity index (χ1n) is 5.02. The Morgan fingerprint density at radius 1 is 1.39 bits per heavy atom. The van der Waals surface area contributed by atoms with Gasteiger partial charge in [-0.05, 0) is 11.6 Å². The van der Waals surface area contributed by atoms with E-state index in [1.165, 1.54) is 18.0 Å². The number of hydrogen-bond donors (Lipinski definition) is 2. The highest BCUT2D eigenvalue weighted by Crippen LogP contribution is 2.21. The van der Waals surface area contributed by atoms with E-state index in [4.69, 9.17) is 5.11 Å². The number of rotatable bonds is 4. The normalized spacial score (nSPS) is 10.2. The molecule has 0 radical (unpaired) electrons. The van der Waals surface area contributed by atoms with Gasteiger partial charge in [0, 0.05) is 5.75 Å². The van der Waals surface area contributed by atoms with E-state index >= 15 is 0 Å². The molecule has 0 saturated heterocycles. The summed E-state index contributed by atoms with van der Waals surface area (Å²) >= 11 is 1.26. The Morgan fingerprint density at radius 2 is 2.17 bits per heavy atom. The minimum atomic E-state index is -0.969. The number of aromatic nitrogens is 3. The van der Waals surface area contributed by atoms with Gasteiger partial charge in [-0.15, -0.1) is 0 Å². The lowest BCUT2D eigenvalue weighted by Crippen LogP contribution is -2.11. The molecule has 1 heterocycles. The van der Waals surface area contributed by atoms with Crippen LogP contribution >= 0.6 is 11.8 Å². The van der Waals surface area contributed by atoms with Crippen LogP contribution < -0.4 is 5.69 Å². The summed E-state index contributed by atoms with van der Waals surface area (Å²) in [6.45, 7) is 0. The van der Waals surface area contributed by atoms with E-state index in [0.29, 0.717) is 16.3 Å². The monoisotopic (exact) mass is 263 g/mol. The Balaban J connectivity index is 2.16. The second-order valence-electron chi connectivity index (χ2n) is 3.38. The van der Waals surface area contributed by atoms with Crippen LogP contribution in [0, 0.1) is 0 Å². The number of nitrogens with one attached hydrogen (secondary N) is 1. The minimum Gasteiger partial charge on any atom is -0.478 e. The van der Waals surface area contributed by atoms with Crippen LogP contribution in [0.25, 0.3) is 0 Å². The maximum atomic E-state index is 11.0. The van der Waals surface area contributed by atoms with E-state index < -0.39 is 11.7 Å². The number of aromatic amines is 1. The second kappa shape index (κ2) is 5.46. The van der Waals surface area contributed by atoms with Crippen LogP contribution in [0.4, 0.5) is 0 Å². The standard InChI is InChI=1S/C11H9N3O3S/c15-10(16)8-4-2-1-3-7(8)6-18-9-5-12-14-11(17)13-9/h1-5H,6H2,(H,15,16)(H,13,14,17).